The number of carboxylic acid groups (broad SMARTS) is 1. The Labute approximate surface area is 124 Å². The van der Waals surface area contributed by atoms with Gasteiger partial charge in [0.15, 0.2) is 5.78 Å². The lowest BCUT2D eigenvalue weighted by molar-refractivity contribution is -0.140. The molecule has 0 bridgehead atoms. The van der Waals surface area contributed by atoms with Crippen LogP contribution in [0, 0.1) is 5.92 Å². The van der Waals surface area contributed by atoms with Gasteiger partial charge in [-0.1, -0.05) is 32.4 Å². The molecule has 0 heterocycles. The number of rotatable bonds is 7. The first-order valence-electron chi connectivity index (χ1n) is 6.55. The molecule has 1 aromatic rings. The van der Waals surface area contributed by atoms with Crippen molar-refractivity contribution in [3.8, 4) is 0 Å². The lowest BCUT2D eigenvalue weighted by Crippen LogP contribution is -2.44. The highest BCUT2D eigenvalue weighted by atomic mass is 32.2. The van der Waals surface area contributed by atoms with Crippen LogP contribution in [0.3, 0.4) is 0 Å². The monoisotopic (exact) mass is 313 g/mol. The van der Waals surface area contributed by atoms with E-state index in [1.165, 1.54) is 31.2 Å². The largest absolute Gasteiger partial charge is 0.480 e. The zero-order valence-corrected chi connectivity index (χ0v) is 13.0. The van der Waals surface area contributed by atoms with Crippen molar-refractivity contribution in [2.75, 3.05) is 0 Å². The quantitative estimate of drug-likeness (QED) is 0.746. The van der Waals surface area contributed by atoms with Crippen LogP contribution in [0.15, 0.2) is 29.2 Å². The van der Waals surface area contributed by atoms with Crippen LogP contribution >= 0.6 is 0 Å². The van der Waals surface area contributed by atoms with Gasteiger partial charge in [0.2, 0.25) is 10.0 Å². The van der Waals surface area contributed by atoms with Crippen molar-refractivity contribution >= 4 is 21.8 Å². The molecular formula is C14H19NO5S. The lowest BCUT2D eigenvalue weighted by Gasteiger charge is -2.20. The number of sulfonamides is 1. The standard InChI is InChI=1S/C14H19NO5S/c1-4-9(2)13(14(17)18)15-21(19,20)12-7-5-11(6-8-12)10(3)16/h5-9,13,15H,4H2,1-3H3,(H,17,18). The Morgan fingerprint density at radius 1 is 1.24 bits per heavy atom. The molecule has 0 amide bonds. The van der Waals surface area contributed by atoms with Gasteiger partial charge in [-0.2, -0.15) is 4.72 Å². The Morgan fingerprint density at radius 2 is 1.76 bits per heavy atom. The van der Waals surface area contributed by atoms with Crippen molar-refractivity contribution < 1.29 is 23.1 Å². The number of hydrogen-bond donors (Lipinski definition) is 2. The van der Waals surface area contributed by atoms with Gasteiger partial charge in [-0.25, -0.2) is 8.42 Å². The molecule has 21 heavy (non-hydrogen) atoms. The fourth-order valence-electron chi connectivity index (χ4n) is 1.75. The Balaban J connectivity index is 3.04. The maximum atomic E-state index is 12.2. The van der Waals surface area contributed by atoms with E-state index < -0.39 is 22.0 Å². The van der Waals surface area contributed by atoms with Crippen LogP contribution < -0.4 is 4.72 Å². The minimum Gasteiger partial charge on any atom is -0.480 e. The van der Waals surface area contributed by atoms with Gasteiger partial charge in [0, 0.05) is 5.56 Å². The molecule has 6 nitrogen and oxygen atoms in total. The molecule has 0 saturated carbocycles. The average molecular weight is 313 g/mol. The highest BCUT2D eigenvalue weighted by molar-refractivity contribution is 7.89. The second kappa shape index (κ2) is 6.82. The van der Waals surface area contributed by atoms with Crippen LogP contribution in [0.2, 0.25) is 0 Å². The SMILES string of the molecule is CCC(C)C(NS(=O)(=O)c1ccc(C(C)=O)cc1)C(=O)O. The number of carbonyl (C=O) groups excluding carboxylic acids is 1. The third-order valence-corrected chi connectivity index (χ3v) is 4.79. The molecule has 1 rings (SSSR count). The minimum atomic E-state index is -3.94. The van der Waals surface area contributed by atoms with E-state index in [9.17, 15) is 18.0 Å². The molecule has 0 spiro atoms. The van der Waals surface area contributed by atoms with E-state index in [1.807, 2.05) is 0 Å². The molecule has 0 aromatic heterocycles. The van der Waals surface area contributed by atoms with Crippen LogP contribution in [0.4, 0.5) is 0 Å². The minimum absolute atomic E-state index is 0.0675. The topological polar surface area (TPSA) is 101 Å². The van der Waals surface area contributed by atoms with E-state index in [4.69, 9.17) is 5.11 Å². The number of carboxylic acids is 1. The van der Waals surface area contributed by atoms with E-state index >= 15 is 0 Å². The smallest absolute Gasteiger partial charge is 0.322 e. The predicted octanol–water partition coefficient (Wildman–Crippen LogP) is 1.67. The first-order valence-corrected chi connectivity index (χ1v) is 8.03. The second-order valence-corrected chi connectivity index (χ2v) is 6.62. The first kappa shape index (κ1) is 17.3. The summed E-state index contributed by atoms with van der Waals surface area (Å²) in [6, 6.07) is 4.18. The number of Topliss-reactive ketones (excluding diaryl/α,β-unsaturated/α-hetero) is 1. The molecular weight excluding hydrogens is 294 g/mol. The summed E-state index contributed by atoms with van der Waals surface area (Å²) in [4.78, 5) is 22.3. The van der Waals surface area contributed by atoms with Gasteiger partial charge in [-0.05, 0) is 25.0 Å². The number of nitrogens with one attached hydrogen (secondary N) is 1. The van der Waals surface area contributed by atoms with Crippen molar-refractivity contribution in [2.45, 2.75) is 38.1 Å². The van der Waals surface area contributed by atoms with Crippen LogP contribution in [0.25, 0.3) is 0 Å². The van der Waals surface area contributed by atoms with Crippen molar-refractivity contribution in [3.63, 3.8) is 0 Å². The predicted molar refractivity (Wildman–Crippen MR) is 77.6 cm³/mol. The summed E-state index contributed by atoms with van der Waals surface area (Å²) in [5.41, 5.74) is 0.394. The summed E-state index contributed by atoms with van der Waals surface area (Å²) in [7, 11) is -3.94. The average Bonchev–Trinajstić information content (AvgIpc) is 2.43. The van der Waals surface area contributed by atoms with Gasteiger partial charge in [-0.15, -0.1) is 0 Å². The molecule has 2 unspecified atom stereocenters. The van der Waals surface area contributed by atoms with Crippen molar-refractivity contribution in [1.29, 1.82) is 0 Å². The molecule has 0 radical (unpaired) electrons. The molecule has 2 atom stereocenters. The molecule has 0 aliphatic rings. The van der Waals surface area contributed by atoms with Crippen LogP contribution in [0.5, 0.6) is 0 Å². The maximum Gasteiger partial charge on any atom is 0.322 e. The molecule has 0 fully saturated rings. The van der Waals surface area contributed by atoms with Gasteiger partial charge in [0.05, 0.1) is 4.90 Å². The molecule has 7 heteroatoms. The normalized spacial score (nSPS) is 14.4. The molecule has 0 aliphatic heterocycles. The summed E-state index contributed by atoms with van der Waals surface area (Å²) in [6.07, 6.45) is 0.531. The summed E-state index contributed by atoms with van der Waals surface area (Å²) in [5.74, 6) is -1.73. The van der Waals surface area contributed by atoms with E-state index in [1.54, 1.807) is 13.8 Å². The highest BCUT2D eigenvalue weighted by Gasteiger charge is 2.29. The Bertz CT molecular complexity index is 621. The first-order chi connectivity index (χ1) is 9.69. The summed E-state index contributed by atoms with van der Waals surface area (Å²) in [6.45, 7) is 4.84. The van der Waals surface area contributed by atoms with Crippen LogP contribution in [0.1, 0.15) is 37.6 Å². The van der Waals surface area contributed by atoms with E-state index in [-0.39, 0.29) is 16.6 Å². The van der Waals surface area contributed by atoms with Crippen molar-refractivity contribution in [3.05, 3.63) is 29.8 Å². The third-order valence-electron chi connectivity index (χ3n) is 3.33. The zero-order valence-electron chi connectivity index (χ0n) is 12.2. The van der Waals surface area contributed by atoms with E-state index in [0.717, 1.165) is 0 Å². The maximum absolute atomic E-state index is 12.2. The van der Waals surface area contributed by atoms with Gasteiger partial charge >= 0.3 is 5.97 Å². The van der Waals surface area contributed by atoms with Crippen molar-refractivity contribution in [1.82, 2.24) is 4.72 Å². The third kappa shape index (κ3) is 4.37. The van der Waals surface area contributed by atoms with Gasteiger partial charge in [0.25, 0.3) is 0 Å². The Hall–Kier alpha value is -1.73. The van der Waals surface area contributed by atoms with Crippen LogP contribution in [-0.2, 0) is 14.8 Å². The van der Waals surface area contributed by atoms with E-state index in [2.05, 4.69) is 4.72 Å². The fraction of sp³-hybridized carbons (Fsp3) is 0.429. The highest BCUT2D eigenvalue weighted by Crippen LogP contribution is 2.15. The van der Waals surface area contributed by atoms with E-state index in [0.29, 0.717) is 12.0 Å². The molecule has 0 aliphatic carbocycles. The summed E-state index contributed by atoms with van der Waals surface area (Å²) in [5, 5.41) is 9.13. The molecule has 1 aromatic carbocycles. The zero-order chi connectivity index (χ0) is 16.2. The summed E-state index contributed by atoms with van der Waals surface area (Å²) < 4.78 is 26.6. The number of hydrogen-bond acceptors (Lipinski definition) is 4. The molecule has 2 N–H and O–H groups in total. The van der Waals surface area contributed by atoms with Crippen LogP contribution in [-0.4, -0.2) is 31.3 Å². The number of benzene rings is 1. The number of carbonyl (C=O) groups is 2. The lowest BCUT2D eigenvalue weighted by atomic mass is 10.0. The Kier molecular flexibility index (Phi) is 5.62. The Morgan fingerprint density at radius 3 is 2.14 bits per heavy atom. The second-order valence-electron chi connectivity index (χ2n) is 4.90. The van der Waals surface area contributed by atoms with Gasteiger partial charge in [-0.3, -0.25) is 9.59 Å². The van der Waals surface area contributed by atoms with Gasteiger partial charge < -0.3 is 5.11 Å². The number of ketones is 1. The number of aliphatic carboxylic acids is 1. The van der Waals surface area contributed by atoms with Crippen molar-refractivity contribution in [2.24, 2.45) is 5.92 Å². The fourth-order valence-corrected chi connectivity index (χ4v) is 3.05. The van der Waals surface area contributed by atoms with Gasteiger partial charge in [0.1, 0.15) is 6.04 Å². The molecule has 116 valence electrons. The summed E-state index contributed by atoms with van der Waals surface area (Å²) >= 11 is 0. The molecule has 0 saturated heterocycles.